The van der Waals surface area contributed by atoms with E-state index in [4.69, 9.17) is 9.52 Å². The Bertz CT molecular complexity index is 677. The molecule has 0 aliphatic rings. The zero-order valence-corrected chi connectivity index (χ0v) is 13.3. The van der Waals surface area contributed by atoms with Crippen molar-refractivity contribution in [1.82, 2.24) is 5.32 Å². The lowest BCUT2D eigenvalue weighted by Crippen LogP contribution is -2.41. The van der Waals surface area contributed by atoms with Crippen molar-refractivity contribution in [3.05, 3.63) is 34.5 Å². The third kappa shape index (κ3) is 3.64. The summed E-state index contributed by atoms with van der Waals surface area (Å²) in [5, 5.41) is 12.4. The molecule has 112 valence electrons. The van der Waals surface area contributed by atoms with E-state index in [1.54, 1.807) is 6.07 Å². The number of carbonyl (C=O) groups excluding carboxylic acids is 1. The molecule has 6 heteroatoms. The minimum atomic E-state index is -1.05. The number of hydrogen-bond donors (Lipinski definition) is 2. The first-order valence-electron chi connectivity index (χ1n) is 6.60. The Kier molecular flexibility index (Phi) is 4.67. The zero-order valence-electron chi connectivity index (χ0n) is 11.7. The van der Waals surface area contributed by atoms with E-state index in [0.717, 1.165) is 9.86 Å². The number of hydrogen-bond acceptors (Lipinski definition) is 3. The average molecular weight is 354 g/mol. The molecule has 21 heavy (non-hydrogen) atoms. The van der Waals surface area contributed by atoms with Gasteiger partial charge in [0.15, 0.2) is 5.76 Å². The van der Waals surface area contributed by atoms with E-state index in [-0.39, 0.29) is 11.7 Å². The third-order valence-corrected chi connectivity index (χ3v) is 3.65. The Morgan fingerprint density at radius 3 is 2.67 bits per heavy atom. The van der Waals surface area contributed by atoms with Crippen LogP contribution in [0, 0.1) is 5.92 Å². The molecule has 1 heterocycles. The molecule has 0 unspecified atom stereocenters. The van der Waals surface area contributed by atoms with Gasteiger partial charge in [-0.1, -0.05) is 26.0 Å². The van der Waals surface area contributed by atoms with Crippen LogP contribution in [0.2, 0.25) is 0 Å². The summed E-state index contributed by atoms with van der Waals surface area (Å²) < 4.78 is 6.24. The van der Waals surface area contributed by atoms with Gasteiger partial charge in [-0.05, 0) is 40.4 Å². The summed E-state index contributed by atoms with van der Waals surface area (Å²) in [6, 6.07) is 6.15. The normalized spacial score (nSPS) is 12.6. The highest BCUT2D eigenvalue weighted by atomic mass is 79.9. The van der Waals surface area contributed by atoms with Crippen molar-refractivity contribution in [1.29, 1.82) is 0 Å². The number of carboxylic acid groups (broad SMARTS) is 1. The number of nitrogens with one attached hydrogen (secondary N) is 1. The van der Waals surface area contributed by atoms with Gasteiger partial charge in [0.25, 0.3) is 5.91 Å². The molecule has 1 aromatic heterocycles. The maximum Gasteiger partial charge on any atom is 0.326 e. The van der Waals surface area contributed by atoms with E-state index in [2.05, 4.69) is 21.2 Å². The predicted molar refractivity (Wildman–Crippen MR) is 82.3 cm³/mol. The minimum Gasteiger partial charge on any atom is -0.480 e. The highest BCUT2D eigenvalue weighted by molar-refractivity contribution is 9.10. The molecule has 2 N–H and O–H groups in total. The maximum absolute atomic E-state index is 12.1. The number of rotatable bonds is 5. The maximum atomic E-state index is 12.1. The van der Waals surface area contributed by atoms with Crippen LogP contribution in [0.5, 0.6) is 0 Å². The highest BCUT2D eigenvalue weighted by Gasteiger charge is 2.23. The smallest absolute Gasteiger partial charge is 0.326 e. The quantitative estimate of drug-likeness (QED) is 0.862. The van der Waals surface area contributed by atoms with Gasteiger partial charge in [-0.15, -0.1) is 0 Å². The van der Waals surface area contributed by atoms with Crippen molar-refractivity contribution in [3.8, 4) is 0 Å². The molecule has 0 saturated heterocycles. The van der Waals surface area contributed by atoms with Gasteiger partial charge in [0.1, 0.15) is 11.6 Å². The summed E-state index contributed by atoms with van der Waals surface area (Å²) in [6.07, 6.45) is 0.366. The number of benzene rings is 1. The average Bonchev–Trinajstić information content (AvgIpc) is 2.82. The molecule has 0 aliphatic carbocycles. The van der Waals surface area contributed by atoms with Crippen molar-refractivity contribution in [2.24, 2.45) is 5.92 Å². The van der Waals surface area contributed by atoms with Crippen molar-refractivity contribution in [2.75, 3.05) is 0 Å². The molecule has 0 aliphatic heterocycles. The van der Waals surface area contributed by atoms with E-state index in [0.29, 0.717) is 12.0 Å². The molecular formula is C15H16BrNO4. The molecule has 0 fully saturated rings. The number of fused-ring (bicyclic) bond motifs is 1. The van der Waals surface area contributed by atoms with Crippen LogP contribution in [0.4, 0.5) is 0 Å². The van der Waals surface area contributed by atoms with Gasteiger partial charge in [-0.2, -0.15) is 0 Å². The predicted octanol–water partition coefficient (Wildman–Crippen LogP) is 3.42. The van der Waals surface area contributed by atoms with E-state index < -0.39 is 17.9 Å². The fourth-order valence-corrected chi connectivity index (χ4v) is 2.52. The minimum absolute atomic E-state index is 0.104. The molecule has 1 aromatic carbocycles. The van der Waals surface area contributed by atoms with Crippen molar-refractivity contribution in [2.45, 2.75) is 26.3 Å². The summed E-state index contributed by atoms with van der Waals surface area (Å²) in [7, 11) is 0. The van der Waals surface area contributed by atoms with Gasteiger partial charge >= 0.3 is 5.97 Å². The third-order valence-electron chi connectivity index (χ3n) is 3.03. The first-order chi connectivity index (χ1) is 9.88. The first-order valence-corrected chi connectivity index (χ1v) is 7.39. The Morgan fingerprint density at radius 2 is 2.10 bits per heavy atom. The van der Waals surface area contributed by atoms with Crippen LogP contribution in [-0.4, -0.2) is 23.0 Å². The van der Waals surface area contributed by atoms with E-state index >= 15 is 0 Å². The Balaban J connectivity index is 2.21. The lowest BCUT2D eigenvalue weighted by Gasteiger charge is -2.15. The topological polar surface area (TPSA) is 79.5 Å². The largest absolute Gasteiger partial charge is 0.480 e. The summed E-state index contributed by atoms with van der Waals surface area (Å²) in [5.74, 6) is -1.30. The van der Waals surface area contributed by atoms with Crippen LogP contribution in [0.3, 0.4) is 0 Å². The van der Waals surface area contributed by atoms with Crippen LogP contribution in [0.25, 0.3) is 11.0 Å². The SMILES string of the molecule is CC(C)C[C@H](NC(=O)c1cc2cccc(Br)c2o1)C(=O)O. The van der Waals surface area contributed by atoms with Gasteiger partial charge in [-0.3, -0.25) is 4.79 Å². The number of carbonyl (C=O) groups is 2. The van der Waals surface area contributed by atoms with E-state index in [1.165, 1.54) is 0 Å². The number of furan rings is 1. The van der Waals surface area contributed by atoms with Crippen molar-refractivity contribution >= 4 is 38.8 Å². The molecule has 0 spiro atoms. The second kappa shape index (κ2) is 6.30. The highest BCUT2D eigenvalue weighted by Crippen LogP contribution is 2.27. The molecule has 5 nitrogen and oxygen atoms in total. The number of para-hydroxylation sites is 1. The Hall–Kier alpha value is -1.82. The second-order valence-corrected chi connectivity index (χ2v) is 6.12. The van der Waals surface area contributed by atoms with Crippen LogP contribution in [-0.2, 0) is 4.79 Å². The standard InChI is InChI=1S/C15H16BrNO4/c1-8(2)6-11(15(19)20)17-14(18)12-7-9-4-3-5-10(16)13(9)21-12/h3-5,7-8,11H,6H2,1-2H3,(H,17,18)(H,19,20)/t11-/m0/s1. The number of halogens is 1. The molecular weight excluding hydrogens is 338 g/mol. The van der Waals surface area contributed by atoms with E-state index in [1.807, 2.05) is 32.0 Å². The fraction of sp³-hybridized carbons (Fsp3) is 0.333. The number of amides is 1. The summed E-state index contributed by atoms with van der Waals surface area (Å²) in [4.78, 5) is 23.3. The zero-order chi connectivity index (χ0) is 15.6. The van der Waals surface area contributed by atoms with Crippen molar-refractivity contribution < 1.29 is 19.1 Å². The molecule has 2 aromatic rings. The monoisotopic (exact) mass is 353 g/mol. The molecule has 0 bridgehead atoms. The fourth-order valence-electron chi connectivity index (χ4n) is 2.06. The van der Waals surface area contributed by atoms with E-state index in [9.17, 15) is 9.59 Å². The molecule has 1 atom stereocenters. The van der Waals surface area contributed by atoms with Crippen LogP contribution in [0.1, 0.15) is 30.8 Å². The second-order valence-electron chi connectivity index (χ2n) is 5.26. The Morgan fingerprint density at radius 1 is 1.38 bits per heavy atom. The van der Waals surface area contributed by atoms with Crippen molar-refractivity contribution in [3.63, 3.8) is 0 Å². The van der Waals surface area contributed by atoms with Gasteiger partial charge in [-0.25, -0.2) is 4.79 Å². The summed E-state index contributed by atoms with van der Waals surface area (Å²) in [6.45, 7) is 3.81. The lowest BCUT2D eigenvalue weighted by atomic mass is 10.0. The molecule has 1 amide bonds. The summed E-state index contributed by atoms with van der Waals surface area (Å²) >= 11 is 3.35. The van der Waals surface area contributed by atoms with Crippen LogP contribution >= 0.6 is 15.9 Å². The molecule has 0 radical (unpaired) electrons. The summed E-state index contributed by atoms with van der Waals surface area (Å²) in [5.41, 5.74) is 0.568. The van der Waals surface area contributed by atoms with Gasteiger partial charge in [0, 0.05) is 5.39 Å². The van der Waals surface area contributed by atoms with Gasteiger partial charge < -0.3 is 14.8 Å². The number of aliphatic carboxylic acids is 1. The van der Waals surface area contributed by atoms with Gasteiger partial charge in [0.05, 0.1) is 4.47 Å². The first kappa shape index (κ1) is 15.6. The molecule has 0 saturated carbocycles. The van der Waals surface area contributed by atoms with Crippen LogP contribution in [0.15, 0.2) is 33.2 Å². The lowest BCUT2D eigenvalue weighted by molar-refractivity contribution is -0.139. The number of carboxylic acids is 1. The van der Waals surface area contributed by atoms with Crippen LogP contribution < -0.4 is 5.32 Å². The molecule has 2 rings (SSSR count). The van der Waals surface area contributed by atoms with Gasteiger partial charge in [0.2, 0.25) is 0 Å². The Labute approximate surface area is 130 Å².